The van der Waals surface area contributed by atoms with Crippen LogP contribution in [0.3, 0.4) is 0 Å². The number of aromatic amines is 1. The summed E-state index contributed by atoms with van der Waals surface area (Å²) in [6.07, 6.45) is 1.68. The van der Waals surface area contributed by atoms with Crippen molar-refractivity contribution in [1.82, 2.24) is 19.9 Å². The molecule has 1 saturated heterocycles. The number of halogens is 3. The van der Waals surface area contributed by atoms with Crippen molar-refractivity contribution in [3.8, 4) is 11.1 Å². The normalized spacial score (nSPS) is 17.5. The number of nitrogens with zero attached hydrogens (tertiary/aromatic N) is 3. The van der Waals surface area contributed by atoms with Crippen LogP contribution in [0.4, 0.5) is 13.8 Å². The van der Waals surface area contributed by atoms with Gasteiger partial charge in [-0.25, -0.2) is 8.78 Å². The first-order valence-corrected chi connectivity index (χ1v) is 10.5. The second kappa shape index (κ2) is 7.19. The largest absolute Gasteiger partial charge is 0.353 e. The van der Waals surface area contributed by atoms with E-state index in [1.807, 2.05) is 24.0 Å². The van der Waals surface area contributed by atoms with Gasteiger partial charge in [-0.3, -0.25) is 5.10 Å². The Balaban J connectivity index is 1.72. The van der Waals surface area contributed by atoms with Gasteiger partial charge in [-0.2, -0.15) is 9.47 Å². The van der Waals surface area contributed by atoms with E-state index in [4.69, 9.17) is 11.6 Å². The van der Waals surface area contributed by atoms with Gasteiger partial charge in [-0.15, -0.1) is 0 Å². The molecule has 3 heterocycles. The van der Waals surface area contributed by atoms with Crippen molar-refractivity contribution in [2.75, 3.05) is 31.2 Å². The van der Waals surface area contributed by atoms with Gasteiger partial charge in [0.25, 0.3) is 0 Å². The van der Waals surface area contributed by atoms with Gasteiger partial charge in [-0.1, -0.05) is 17.7 Å². The summed E-state index contributed by atoms with van der Waals surface area (Å²) in [6, 6.07) is 5.28. The lowest BCUT2D eigenvalue weighted by Gasteiger charge is -2.35. The molecule has 0 radical (unpaired) electrons. The Labute approximate surface area is 174 Å². The Morgan fingerprint density at radius 3 is 3.00 bits per heavy atom. The minimum Gasteiger partial charge on any atom is -0.353 e. The summed E-state index contributed by atoms with van der Waals surface area (Å²) in [5.74, 6) is -0.460. The molecule has 0 bridgehead atoms. The van der Waals surface area contributed by atoms with E-state index in [2.05, 4.69) is 19.9 Å². The maximum Gasteiger partial charge on any atom is 0.159 e. The first-order chi connectivity index (χ1) is 14.1. The molecular formula is C20H18ClF2N5S. The van der Waals surface area contributed by atoms with E-state index in [0.29, 0.717) is 34.6 Å². The topological polar surface area (TPSA) is 56.8 Å². The van der Waals surface area contributed by atoms with E-state index in [1.165, 1.54) is 11.5 Å². The monoisotopic (exact) mass is 433 g/mol. The second-order valence-corrected chi connectivity index (χ2v) is 8.38. The van der Waals surface area contributed by atoms with Crippen molar-refractivity contribution in [1.29, 1.82) is 0 Å². The lowest BCUT2D eigenvalue weighted by molar-refractivity contribution is 0.372. The first-order valence-electron chi connectivity index (χ1n) is 9.34. The molecule has 5 nitrogen and oxygen atoms in total. The van der Waals surface area contributed by atoms with E-state index < -0.39 is 12.5 Å². The third-order valence-corrected chi connectivity index (χ3v) is 6.72. The van der Waals surface area contributed by atoms with E-state index >= 15 is 4.39 Å². The highest BCUT2D eigenvalue weighted by atomic mass is 35.5. The number of H-pyrrole nitrogens is 1. The standard InChI is InChI=1S/C20H18ClF2N5S/c1-10-2-3-15-13(9-25-26-15)16(10)17-14(21)6-12-19(18(17)23)27-29-20(12)28-5-4-24-8-11(28)7-22/h2-3,6,9,11,24H,4-5,7-8H2,1H3,(H,25,26). The van der Waals surface area contributed by atoms with Crippen molar-refractivity contribution in [3.63, 3.8) is 0 Å². The Morgan fingerprint density at radius 2 is 2.17 bits per heavy atom. The van der Waals surface area contributed by atoms with Gasteiger partial charge in [-0.05, 0) is 36.2 Å². The van der Waals surface area contributed by atoms with Gasteiger partial charge in [0.15, 0.2) is 5.82 Å². The number of hydrogen-bond donors (Lipinski definition) is 2. The van der Waals surface area contributed by atoms with E-state index in [1.54, 1.807) is 12.3 Å². The molecular weight excluding hydrogens is 416 g/mol. The number of anilines is 1. The zero-order chi connectivity index (χ0) is 20.1. The molecule has 0 saturated carbocycles. The van der Waals surface area contributed by atoms with Crippen LogP contribution in [0.1, 0.15) is 5.56 Å². The van der Waals surface area contributed by atoms with E-state index in [9.17, 15) is 4.39 Å². The number of rotatable bonds is 3. The van der Waals surface area contributed by atoms with Gasteiger partial charge in [0, 0.05) is 41.5 Å². The number of hydrogen-bond acceptors (Lipinski definition) is 5. The molecule has 1 fully saturated rings. The van der Waals surface area contributed by atoms with Gasteiger partial charge in [0.1, 0.15) is 17.2 Å². The third-order valence-electron chi connectivity index (χ3n) is 5.52. The average molecular weight is 434 g/mol. The van der Waals surface area contributed by atoms with E-state index in [-0.39, 0.29) is 11.6 Å². The van der Waals surface area contributed by atoms with Crippen LogP contribution in [0.5, 0.6) is 0 Å². The van der Waals surface area contributed by atoms with Gasteiger partial charge in [0.05, 0.1) is 22.8 Å². The fourth-order valence-corrected chi connectivity index (χ4v) is 5.30. The highest BCUT2D eigenvalue weighted by molar-refractivity contribution is 7.11. The van der Waals surface area contributed by atoms with Crippen molar-refractivity contribution >= 4 is 49.9 Å². The molecule has 5 rings (SSSR count). The van der Waals surface area contributed by atoms with Crippen LogP contribution in [-0.2, 0) is 0 Å². The van der Waals surface area contributed by atoms with E-state index in [0.717, 1.165) is 28.0 Å². The predicted octanol–water partition coefficient (Wildman–Crippen LogP) is 4.69. The number of aryl methyl sites for hydroxylation is 1. The molecule has 0 aliphatic carbocycles. The van der Waals surface area contributed by atoms with Crippen LogP contribution in [0.25, 0.3) is 32.9 Å². The zero-order valence-corrected chi connectivity index (χ0v) is 17.2. The molecule has 1 unspecified atom stereocenters. The number of piperazine rings is 1. The summed E-state index contributed by atoms with van der Waals surface area (Å²) in [7, 11) is 0. The number of alkyl halides is 1. The lowest BCUT2D eigenvalue weighted by atomic mass is 9.95. The molecule has 0 spiro atoms. The van der Waals surface area contributed by atoms with Crippen molar-refractivity contribution in [2.45, 2.75) is 13.0 Å². The highest BCUT2D eigenvalue weighted by Gasteiger charge is 2.28. The van der Waals surface area contributed by atoms with Crippen LogP contribution in [0.2, 0.25) is 5.02 Å². The molecule has 0 amide bonds. The molecule has 4 aromatic rings. The molecule has 1 aliphatic heterocycles. The van der Waals surface area contributed by atoms with Crippen LogP contribution in [0, 0.1) is 12.7 Å². The predicted molar refractivity (Wildman–Crippen MR) is 114 cm³/mol. The average Bonchev–Trinajstić information content (AvgIpc) is 3.36. The quantitative estimate of drug-likeness (QED) is 0.492. The fraction of sp³-hybridized carbons (Fsp3) is 0.300. The molecule has 29 heavy (non-hydrogen) atoms. The van der Waals surface area contributed by atoms with Crippen molar-refractivity contribution in [3.05, 3.63) is 40.8 Å². The second-order valence-electron chi connectivity index (χ2n) is 7.23. The maximum atomic E-state index is 15.7. The fourth-order valence-electron chi connectivity index (χ4n) is 4.06. The summed E-state index contributed by atoms with van der Waals surface area (Å²) < 4.78 is 33.6. The minimum absolute atomic E-state index is 0.264. The minimum atomic E-state index is -0.484. The summed E-state index contributed by atoms with van der Waals surface area (Å²) in [4.78, 5) is 1.97. The van der Waals surface area contributed by atoms with Crippen LogP contribution in [-0.4, -0.2) is 46.9 Å². The van der Waals surface area contributed by atoms with Gasteiger partial charge < -0.3 is 10.2 Å². The van der Waals surface area contributed by atoms with Crippen LogP contribution in [0.15, 0.2) is 24.4 Å². The SMILES string of the molecule is Cc1ccc2[nH]ncc2c1-c1c(Cl)cc2c(N3CCNCC3CF)snc2c1F. The Kier molecular flexibility index (Phi) is 4.64. The number of fused-ring (bicyclic) bond motifs is 2. The molecule has 9 heteroatoms. The molecule has 2 N–H and O–H groups in total. The van der Waals surface area contributed by atoms with Gasteiger partial charge >= 0.3 is 0 Å². The maximum absolute atomic E-state index is 15.7. The Morgan fingerprint density at radius 1 is 1.31 bits per heavy atom. The lowest BCUT2D eigenvalue weighted by Crippen LogP contribution is -2.52. The molecule has 2 aromatic carbocycles. The molecule has 2 aromatic heterocycles. The summed E-state index contributed by atoms with van der Waals surface area (Å²) in [5, 5.41) is 12.7. The Bertz CT molecular complexity index is 1220. The number of benzene rings is 2. The first kappa shape index (κ1) is 18.7. The van der Waals surface area contributed by atoms with Crippen molar-refractivity contribution < 1.29 is 8.78 Å². The van der Waals surface area contributed by atoms with Crippen molar-refractivity contribution in [2.24, 2.45) is 0 Å². The summed E-state index contributed by atoms with van der Waals surface area (Å²) in [6.45, 7) is 3.36. The zero-order valence-electron chi connectivity index (χ0n) is 15.6. The highest BCUT2D eigenvalue weighted by Crippen LogP contribution is 2.43. The third kappa shape index (κ3) is 2.89. The van der Waals surface area contributed by atoms with Crippen LogP contribution >= 0.6 is 23.1 Å². The smallest absolute Gasteiger partial charge is 0.159 e. The van der Waals surface area contributed by atoms with Crippen LogP contribution < -0.4 is 10.2 Å². The summed E-state index contributed by atoms with van der Waals surface area (Å²) >= 11 is 7.81. The van der Waals surface area contributed by atoms with Gasteiger partial charge in [0.2, 0.25) is 0 Å². The molecule has 150 valence electrons. The number of nitrogens with one attached hydrogen (secondary N) is 2. The number of aromatic nitrogens is 3. The molecule has 1 aliphatic rings. The molecule has 1 atom stereocenters. The summed E-state index contributed by atoms with van der Waals surface area (Å²) in [5.41, 5.74) is 3.00. The Hall–Kier alpha value is -2.29.